The highest BCUT2D eigenvalue weighted by atomic mass is 32.2. The zero-order valence-electron chi connectivity index (χ0n) is 20.9. The Hall–Kier alpha value is -2.21. The molecule has 2 saturated heterocycles. The number of nitrogens with zero attached hydrogens (tertiary/aromatic N) is 2. The van der Waals surface area contributed by atoms with Crippen LogP contribution in [-0.4, -0.2) is 72.9 Å². The topological polar surface area (TPSA) is 96.0 Å². The van der Waals surface area contributed by atoms with Crippen LogP contribution in [0.3, 0.4) is 0 Å². The minimum absolute atomic E-state index is 0.0247. The first-order chi connectivity index (χ1) is 17.0. The number of sulfonamides is 1. The third-order valence-corrected chi connectivity index (χ3v) is 9.55. The van der Waals surface area contributed by atoms with Crippen LogP contribution in [-0.2, 0) is 24.6 Å². The van der Waals surface area contributed by atoms with Gasteiger partial charge in [0.05, 0.1) is 34.4 Å². The Bertz CT molecular complexity index is 1270. The molecule has 2 aliphatic heterocycles. The number of sulfone groups is 1. The van der Waals surface area contributed by atoms with E-state index in [9.17, 15) is 16.8 Å². The lowest BCUT2D eigenvalue weighted by atomic mass is 9.94. The number of anilines is 2. The molecule has 2 fully saturated rings. The van der Waals surface area contributed by atoms with Crippen molar-refractivity contribution in [1.82, 2.24) is 4.90 Å². The quantitative estimate of drug-likeness (QED) is 0.577. The van der Waals surface area contributed by atoms with Crippen molar-refractivity contribution in [2.45, 2.75) is 48.6 Å². The summed E-state index contributed by atoms with van der Waals surface area (Å²) in [5, 5.41) is 0. The summed E-state index contributed by atoms with van der Waals surface area (Å²) in [5.41, 5.74) is 0.399. The smallest absolute Gasteiger partial charge is 0.261 e. The maximum atomic E-state index is 15.0. The predicted molar refractivity (Wildman–Crippen MR) is 138 cm³/mol. The summed E-state index contributed by atoms with van der Waals surface area (Å²) in [6, 6.07) is 10.0. The molecule has 0 spiro atoms. The Balaban J connectivity index is 1.47. The van der Waals surface area contributed by atoms with Gasteiger partial charge in [-0.15, -0.1) is 0 Å². The van der Waals surface area contributed by atoms with E-state index >= 15 is 4.39 Å². The summed E-state index contributed by atoms with van der Waals surface area (Å²) in [4.78, 5) is 4.32. The van der Waals surface area contributed by atoms with Gasteiger partial charge in [0.15, 0.2) is 9.84 Å². The van der Waals surface area contributed by atoms with Crippen LogP contribution in [0.15, 0.2) is 52.3 Å². The van der Waals surface area contributed by atoms with Crippen molar-refractivity contribution in [3.63, 3.8) is 0 Å². The van der Waals surface area contributed by atoms with Gasteiger partial charge in [0, 0.05) is 38.0 Å². The van der Waals surface area contributed by atoms with E-state index in [2.05, 4.69) is 23.5 Å². The molecule has 4 rings (SSSR count). The molecule has 2 aromatic carbocycles. The number of nitrogens with one attached hydrogen (secondary N) is 1. The van der Waals surface area contributed by atoms with Crippen LogP contribution in [0.5, 0.6) is 0 Å². The molecule has 0 aromatic heterocycles. The van der Waals surface area contributed by atoms with Gasteiger partial charge in [-0.2, -0.15) is 0 Å². The first-order valence-electron chi connectivity index (χ1n) is 12.2. The molecule has 0 radical (unpaired) electrons. The van der Waals surface area contributed by atoms with Gasteiger partial charge in [0.2, 0.25) is 0 Å². The summed E-state index contributed by atoms with van der Waals surface area (Å²) in [5.74, 6) is -0.0129. The number of para-hydroxylation sites is 1. The lowest BCUT2D eigenvalue weighted by Gasteiger charge is -2.43. The standard InChI is InChI=1S/C25H34FN3O5S2/c1-18-16-34-17-19(2)29(18)15-20-11-13-28(14-12-20)25-23(26)5-4-6-24(25)27-36(32,33)22-9-7-21(8-10-22)35(3,30)31/h4-10,18-20,27H,11-17H2,1-3H3. The fourth-order valence-corrected chi connectivity index (χ4v) is 6.72. The molecule has 2 aromatic rings. The number of halogens is 1. The fraction of sp³-hybridized carbons (Fsp3) is 0.520. The van der Waals surface area contributed by atoms with Crippen LogP contribution in [0.1, 0.15) is 26.7 Å². The molecular formula is C25H34FN3O5S2. The molecule has 0 bridgehead atoms. The van der Waals surface area contributed by atoms with Crippen molar-refractivity contribution in [2.24, 2.45) is 5.92 Å². The largest absolute Gasteiger partial charge is 0.378 e. The van der Waals surface area contributed by atoms with Gasteiger partial charge in [-0.1, -0.05) is 6.07 Å². The Labute approximate surface area is 213 Å². The summed E-state index contributed by atoms with van der Waals surface area (Å²) in [7, 11) is -7.50. The van der Waals surface area contributed by atoms with Gasteiger partial charge in [0.25, 0.3) is 10.0 Å². The van der Waals surface area contributed by atoms with Gasteiger partial charge in [-0.3, -0.25) is 9.62 Å². The Morgan fingerprint density at radius 2 is 1.53 bits per heavy atom. The van der Waals surface area contributed by atoms with Crippen LogP contribution >= 0.6 is 0 Å². The van der Waals surface area contributed by atoms with Crippen molar-refractivity contribution < 1.29 is 26.0 Å². The average molecular weight is 540 g/mol. The molecule has 2 atom stereocenters. The highest BCUT2D eigenvalue weighted by Gasteiger charge is 2.31. The van der Waals surface area contributed by atoms with E-state index in [0.717, 1.165) is 38.9 Å². The molecule has 11 heteroatoms. The minimum Gasteiger partial charge on any atom is -0.378 e. The van der Waals surface area contributed by atoms with Gasteiger partial charge < -0.3 is 9.64 Å². The van der Waals surface area contributed by atoms with Crippen molar-refractivity contribution in [2.75, 3.05) is 48.7 Å². The van der Waals surface area contributed by atoms with E-state index in [1.165, 1.54) is 36.4 Å². The van der Waals surface area contributed by atoms with E-state index in [1.54, 1.807) is 6.07 Å². The SMILES string of the molecule is CC1COCC(C)N1CC1CCN(c2c(F)cccc2NS(=O)(=O)c2ccc(S(C)(=O)=O)cc2)CC1. The summed E-state index contributed by atoms with van der Waals surface area (Å²) < 4.78 is 72.6. The zero-order valence-corrected chi connectivity index (χ0v) is 22.5. The molecule has 198 valence electrons. The van der Waals surface area contributed by atoms with Crippen LogP contribution < -0.4 is 9.62 Å². The minimum atomic E-state index is -4.05. The first-order valence-corrected chi connectivity index (χ1v) is 15.5. The number of morpholine rings is 1. The lowest BCUT2D eigenvalue weighted by molar-refractivity contribution is -0.0444. The van der Waals surface area contributed by atoms with Gasteiger partial charge >= 0.3 is 0 Å². The van der Waals surface area contributed by atoms with E-state index in [-0.39, 0.29) is 21.2 Å². The third-order valence-electron chi connectivity index (χ3n) is 7.04. The summed E-state index contributed by atoms with van der Waals surface area (Å²) in [6.07, 6.45) is 2.81. The fourth-order valence-electron chi connectivity index (χ4n) is 5.02. The summed E-state index contributed by atoms with van der Waals surface area (Å²) in [6.45, 7) is 8.04. The first kappa shape index (κ1) is 26.8. The van der Waals surface area contributed by atoms with E-state index < -0.39 is 25.7 Å². The van der Waals surface area contributed by atoms with Crippen molar-refractivity contribution in [3.8, 4) is 0 Å². The van der Waals surface area contributed by atoms with Crippen LogP contribution in [0, 0.1) is 11.7 Å². The number of piperidine rings is 1. The second-order valence-corrected chi connectivity index (χ2v) is 13.5. The number of benzene rings is 2. The number of rotatable bonds is 7. The maximum Gasteiger partial charge on any atom is 0.261 e. The van der Waals surface area contributed by atoms with Crippen LogP contribution in [0.4, 0.5) is 15.8 Å². The van der Waals surface area contributed by atoms with Crippen molar-refractivity contribution >= 4 is 31.2 Å². The summed E-state index contributed by atoms with van der Waals surface area (Å²) >= 11 is 0. The average Bonchev–Trinajstić information content (AvgIpc) is 2.82. The second kappa shape index (κ2) is 10.6. The van der Waals surface area contributed by atoms with Crippen molar-refractivity contribution in [3.05, 3.63) is 48.3 Å². The molecule has 2 unspecified atom stereocenters. The molecule has 8 nitrogen and oxygen atoms in total. The van der Waals surface area contributed by atoms with E-state index in [1.807, 2.05) is 4.90 Å². The highest BCUT2D eigenvalue weighted by molar-refractivity contribution is 7.92. The van der Waals surface area contributed by atoms with Crippen LogP contribution in [0.25, 0.3) is 0 Å². The monoisotopic (exact) mass is 539 g/mol. The van der Waals surface area contributed by atoms with Crippen LogP contribution in [0.2, 0.25) is 0 Å². The lowest BCUT2D eigenvalue weighted by Crippen LogP contribution is -2.52. The zero-order chi connectivity index (χ0) is 26.1. The Morgan fingerprint density at radius 1 is 0.944 bits per heavy atom. The normalized spacial score (nSPS) is 22.5. The van der Waals surface area contributed by atoms with E-state index in [0.29, 0.717) is 31.1 Å². The molecule has 0 saturated carbocycles. The van der Waals surface area contributed by atoms with Gasteiger partial charge in [-0.25, -0.2) is 21.2 Å². The maximum absolute atomic E-state index is 15.0. The second-order valence-electron chi connectivity index (χ2n) is 9.85. The molecule has 2 heterocycles. The number of hydrogen-bond donors (Lipinski definition) is 1. The molecule has 0 aliphatic carbocycles. The molecule has 2 aliphatic rings. The molecular weight excluding hydrogens is 505 g/mol. The predicted octanol–water partition coefficient (Wildman–Crippen LogP) is 3.36. The highest BCUT2D eigenvalue weighted by Crippen LogP contribution is 2.34. The Kier molecular flexibility index (Phi) is 7.94. The molecule has 36 heavy (non-hydrogen) atoms. The number of ether oxygens (including phenoxy) is 1. The number of hydrogen-bond acceptors (Lipinski definition) is 7. The third kappa shape index (κ3) is 6.01. The van der Waals surface area contributed by atoms with Crippen molar-refractivity contribution in [1.29, 1.82) is 0 Å². The van der Waals surface area contributed by atoms with Gasteiger partial charge in [0.1, 0.15) is 5.82 Å². The Morgan fingerprint density at radius 3 is 2.11 bits per heavy atom. The molecule has 1 N–H and O–H groups in total. The van der Waals surface area contributed by atoms with Gasteiger partial charge in [-0.05, 0) is 69.0 Å². The molecule has 0 amide bonds. The van der Waals surface area contributed by atoms with E-state index in [4.69, 9.17) is 4.74 Å².